The summed E-state index contributed by atoms with van der Waals surface area (Å²) in [5, 5.41) is 2.99. The van der Waals surface area contributed by atoms with Crippen molar-refractivity contribution in [3.05, 3.63) is 52.3 Å². The first kappa shape index (κ1) is 25.3. The highest BCUT2D eigenvalue weighted by Crippen LogP contribution is 2.24. The number of H-pyrrole nitrogens is 1. The van der Waals surface area contributed by atoms with Gasteiger partial charge in [0.1, 0.15) is 11.4 Å². The Morgan fingerprint density at radius 2 is 1.88 bits per heavy atom. The van der Waals surface area contributed by atoms with Crippen molar-refractivity contribution in [1.82, 2.24) is 15.2 Å². The van der Waals surface area contributed by atoms with Crippen molar-refractivity contribution in [2.45, 2.75) is 60.1 Å². The Bertz CT molecular complexity index is 1030. The number of aromatic nitrogens is 1. The second kappa shape index (κ2) is 11.2. The van der Waals surface area contributed by atoms with E-state index in [4.69, 9.17) is 9.47 Å². The highest BCUT2D eigenvalue weighted by atomic mass is 16.5. The molecule has 0 aliphatic carbocycles. The molecule has 1 saturated heterocycles. The van der Waals surface area contributed by atoms with Gasteiger partial charge in [-0.2, -0.15) is 0 Å². The average molecular weight is 470 g/mol. The van der Waals surface area contributed by atoms with E-state index in [0.717, 1.165) is 24.2 Å². The Kier molecular flexibility index (Phi) is 8.36. The highest BCUT2D eigenvalue weighted by Gasteiger charge is 2.32. The molecular weight excluding hydrogens is 434 g/mol. The van der Waals surface area contributed by atoms with Crippen molar-refractivity contribution in [3.8, 4) is 5.75 Å². The number of amides is 2. The van der Waals surface area contributed by atoms with Gasteiger partial charge in [-0.15, -0.1) is 0 Å². The Hall–Kier alpha value is -3.29. The van der Waals surface area contributed by atoms with Crippen LogP contribution in [0.1, 0.15) is 71.3 Å². The monoisotopic (exact) mass is 469 g/mol. The van der Waals surface area contributed by atoms with Gasteiger partial charge in [0.05, 0.1) is 24.2 Å². The van der Waals surface area contributed by atoms with Crippen LogP contribution in [-0.4, -0.2) is 53.5 Å². The first-order valence-corrected chi connectivity index (χ1v) is 11.9. The lowest BCUT2D eigenvalue weighted by molar-refractivity contribution is -0.126. The van der Waals surface area contributed by atoms with E-state index >= 15 is 0 Å². The minimum Gasteiger partial charge on any atom is -0.494 e. The molecule has 2 heterocycles. The summed E-state index contributed by atoms with van der Waals surface area (Å²) < 4.78 is 10.8. The minimum absolute atomic E-state index is 0.0630. The van der Waals surface area contributed by atoms with E-state index in [9.17, 15) is 14.4 Å². The van der Waals surface area contributed by atoms with Crippen molar-refractivity contribution in [3.63, 3.8) is 0 Å². The van der Waals surface area contributed by atoms with E-state index in [2.05, 4.69) is 10.3 Å². The van der Waals surface area contributed by atoms with Gasteiger partial charge in [-0.3, -0.25) is 9.59 Å². The van der Waals surface area contributed by atoms with Gasteiger partial charge in [-0.1, -0.05) is 12.1 Å². The van der Waals surface area contributed by atoms with Crippen molar-refractivity contribution in [2.75, 3.05) is 19.7 Å². The number of nitrogens with one attached hydrogen (secondary N) is 2. The lowest BCUT2D eigenvalue weighted by Gasteiger charge is -2.32. The Balaban J connectivity index is 1.62. The average Bonchev–Trinajstić information content (AvgIpc) is 3.11. The van der Waals surface area contributed by atoms with Gasteiger partial charge >= 0.3 is 5.97 Å². The maximum Gasteiger partial charge on any atom is 0.340 e. The quantitative estimate of drug-likeness (QED) is 0.574. The Labute approximate surface area is 201 Å². The van der Waals surface area contributed by atoms with E-state index in [0.29, 0.717) is 48.8 Å². The molecule has 0 spiro atoms. The van der Waals surface area contributed by atoms with Crippen LogP contribution in [-0.2, 0) is 16.1 Å². The Morgan fingerprint density at radius 1 is 1.18 bits per heavy atom. The van der Waals surface area contributed by atoms with E-state index in [1.165, 1.54) is 0 Å². The molecule has 0 bridgehead atoms. The SMILES string of the molecule is CCOc1ccc(CNC(=O)[C@H]2CCCN(C(=O)c3[nH]c(C)c(C(=O)OC(C)C)c3C)C2)cc1. The predicted molar refractivity (Wildman–Crippen MR) is 129 cm³/mol. The standard InChI is InChI=1S/C26H35N3O5/c1-6-33-21-11-9-19(10-12-21)14-27-24(30)20-8-7-13-29(15-20)25(31)23-17(4)22(18(5)28-23)26(32)34-16(2)3/h9-12,16,20,28H,6-8,13-15H2,1-5H3,(H,27,30)/t20-/m0/s1. The van der Waals surface area contributed by atoms with E-state index in [-0.39, 0.29) is 23.8 Å². The molecule has 1 aromatic carbocycles. The third kappa shape index (κ3) is 5.98. The van der Waals surface area contributed by atoms with E-state index in [1.807, 2.05) is 31.2 Å². The van der Waals surface area contributed by atoms with Crippen molar-refractivity contribution in [2.24, 2.45) is 5.92 Å². The van der Waals surface area contributed by atoms with Crippen LogP contribution in [0.15, 0.2) is 24.3 Å². The van der Waals surface area contributed by atoms with Gasteiger partial charge in [-0.05, 0) is 70.7 Å². The number of hydrogen-bond donors (Lipinski definition) is 2. The predicted octanol–water partition coefficient (Wildman–Crippen LogP) is 3.76. The molecule has 8 nitrogen and oxygen atoms in total. The molecule has 184 valence electrons. The van der Waals surface area contributed by atoms with Crippen LogP contribution >= 0.6 is 0 Å². The summed E-state index contributed by atoms with van der Waals surface area (Å²) in [6, 6.07) is 7.64. The van der Waals surface area contributed by atoms with Crippen LogP contribution in [0.4, 0.5) is 0 Å². The van der Waals surface area contributed by atoms with Crippen LogP contribution < -0.4 is 10.1 Å². The first-order chi connectivity index (χ1) is 16.2. The van der Waals surface area contributed by atoms with Gasteiger partial charge in [0.25, 0.3) is 5.91 Å². The van der Waals surface area contributed by atoms with Gasteiger partial charge in [0, 0.05) is 25.3 Å². The molecular formula is C26H35N3O5. The highest BCUT2D eigenvalue weighted by molar-refractivity contribution is 6.00. The van der Waals surface area contributed by atoms with E-state index < -0.39 is 5.97 Å². The zero-order chi connectivity index (χ0) is 24.8. The summed E-state index contributed by atoms with van der Waals surface area (Å²) in [6.45, 7) is 11.0. The number of carbonyl (C=O) groups excluding carboxylic acids is 3. The third-order valence-electron chi connectivity index (χ3n) is 5.98. The largest absolute Gasteiger partial charge is 0.494 e. The molecule has 1 aliphatic heterocycles. The molecule has 8 heteroatoms. The fourth-order valence-electron chi connectivity index (χ4n) is 4.28. The zero-order valence-corrected chi connectivity index (χ0v) is 20.7. The number of benzene rings is 1. The first-order valence-electron chi connectivity index (χ1n) is 11.9. The normalized spacial score (nSPS) is 15.8. The van der Waals surface area contributed by atoms with Crippen LogP contribution in [0.2, 0.25) is 0 Å². The number of ether oxygens (including phenoxy) is 2. The topological polar surface area (TPSA) is 101 Å². The maximum absolute atomic E-state index is 13.3. The molecule has 0 unspecified atom stereocenters. The summed E-state index contributed by atoms with van der Waals surface area (Å²) in [4.78, 5) is 43.3. The lowest BCUT2D eigenvalue weighted by Crippen LogP contribution is -2.45. The number of aryl methyl sites for hydroxylation is 1. The van der Waals surface area contributed by atoms with E-state index in [1.54, 1.807) is 32.6 Å². The number of hydrogen-bond acceptors (Lipinski definition) is 5. The minimum atomic E-state index is -0.439. The summed E-state index contributed by atoms with van der Waals surface area (Å²) in [6.07, 6.45) is 1.23. The molecule has 2 N–H and O–H groups in total. The summed E-state index contributed by atoms with van der Waals surface area (Å²) in [5.74, 6) is -0.178. The number of piperidine rings is 1. The van der Waals surface area contributed by atoms with Gasteiger partial charge < -0.3 is 24.7 Å². The molecule has 0 saturated carbocycles. The third-order valence-corrected chi connectivity index (χ3v) is 5.98. The fourth-order valence-corrected chi connectivity index (χ4v) is 4.28. The van der Waals surface area contributed by atoms with Gasteiger partial charge in [0.2, 0.25) is 5.91 Å². The summed E-state index contributed by atoms with van der Waals surface area (Å²) >= 11 is 0. The van der Waals surface area contributed by atoms with Crippen LogP contribution in [0, 0.1) is 19.8 Å². The van der Waals surface area contributed by atoms with Crippen LogP contribution in [0.3, 0.4) is 0 Å². The number of aromatic amines is 1. The van der Waals surface area contributed by atoms with Crippen molar-refractivity contribution in [1.29, 1.82) is 0 Å². The van der Waals surface area contributed by atoms with Crippen LogP contribution in [0.25, 0.3) is 0 Å². The number of rotatable bonds is 8. The fraction of sp³-hybridized carbons (Fsp3) is 0.500. The Morgan fingerprint density at radius 3 is 2.53 bits per heavy atom. The second-order valence-corrected chi connectivity index (χ2v) is 8.96. The van der Waals surface area contributed by atoms with Crippen molar-refractivity contribution >= 4 is 17.8 Å². The molecule has 1 atom stereocenters. The molecule has 2 aromatic rings. The smallest absolute Gasteiger partial charge is 0.340 e. The lowest BCUT2D eigenvalue weighted by atomic mass is 9.96. The van der Waals surface area contributed by atoms with Crippen LogP contribution in [0.5, 0.6) is 5.75 Å². The number of likely N-dealkylation sites (tertiary alicyclic amines) is 1. The summed E-state index contributed by atoms with van der Waals surface area (Å²) in [5.41, 5.74) is 2.95. The molecule has 2 amide bonds. The molecule has 3 rings (SSSR count). The number of esters is 1. The molecule has 0 radical (unpaired) electrons. The molecule has 1 fully saturated rings. The molecule has 1 aromatic heterocycles. The summed E-state index contributed by atoms with van der Waals surface area (Å²) in [7, 11) is 0. The maximum atomic E-state index is 13.3. The van der Waals surface area contributed by atoms with Gasteiger partial charge in [-0.25, -0.2) is 4.79 Å². The second-order valence-electron chi connectivity index (χ2n) is 8.96. The van der Waals surface area contributed by atoms with Crippen molar-refractivity contribution < 1.29 is 23.9 Å². The zero-order valence-electron chi connectivity index (χ0n) is 20.7. The molecule has 34 heavy (non-hydrogen) atoms. The number of carbonyl (C=O) groups is 3. The van der Waals surface area contributed by atoms with Gasteiger partial charge in [0.15, 0.2) is 0 Å². The molecule has 1 aliphatic rings. The number of nitrogens with zero attached hydrogens (tertiary/aromatic N) is 1.